The molecule has 0 aliphatic carbocycles. The van der Waals surface area contributed by atoms with E-state index in [0.717, 1.165) is 4.90 Å². The van der Waals surface area contributed by atoms with Gasteiger partial charge in [-0.1, -0.05) is 20.8 Å². The van der Waals surface area contributed by atoms with E-state index in [0.29, 0.717) is 17.6 Å². The molecule has 17 heteroatoms. The molecule has 0 aromatic carbocycles. The highest BCUT2D eigenvalue weighted by Crippen LogP contribution is 2.23. The van der Waals surface area contributed by atoms with Gasteiger partial charge in [-0.25, -0.2) is 28.8 Å². The van der Waals surface area contributed by atoms with Gasteiger partial charge in [-0.05, 0) is 137 Å². The summed E-state index contributed by atoms with van der Waals surface area (Å²) in [7, 11) is 0. The molecule has 0 aliphatic rings. The number of nitrogens with zero attached hydrogens (tertiary/aromatic N) is 2. The molecule has 4 amide bonds. The quantitative estimate of drug-likeness (QED) is 0.121. The molecule has 0 unspecified atom stereocenters. The predicted octanol–water partition coefficient (Wildman–Crippen LogP) is 8.57. The Morgan fingerprint density at radius 3 is 0.860 bits per heavy atom. The number of hydrogen-bond donors (Lipinski definition) is 0. The van der Waals surface area contributed by atoms with Crippen molar-refractivity contribution >= 4 is 48.7 Å². The van der Waals surface area contributed by atoms with Crippen molar-refractivity contribution in [1.82, 2.24) is 9.80 Å². The van der Waals surface area contributed by atoms with Crippen molar-refractivity contribution in [2.24, 2.45) is 0 Å². The Hall–Kier alpha value is -4.53. The van der Waals surface area contributed by atoms with Crippen molar-refractivity contribution in [2.75, 3.05) is 0 Å². The summed E-state index contributed by atoms with van der Waals surface area (Å²) in [6, 6.07) is -2.47. The van der Waals surface area contributed by atoms with E-state index in [2.05, 4.69) is 0 Å². The molecule has 0 aromatic rings. The van der Waals surface area contributed by atoms with Crippen LogP contribution in [-0.2, 0) is 52.4 Å². The molecule has 17 nitrogen and oxygen atoms in total. The number of ether oxygens (including phenoxy) is 6. The van der Waals surface area contributed by atoms with Crippen molar-refractivity contribution in [2.45, 2.75) is 210 Å². The van der Waals surface area contributed by atoms with Crippen LogP contribution in [0, 0.1) is 0 Å². The normalized spacial score (nSPS) is 12.7. The number of carbonyl (C=O) groups excluding carboxylic acids is 9. The van der Waals surface area contributed by atoms with Gasteiger partial charge in [0.2, 0.25) is 0 Å². The SMILES string of the molecule is C.CC(C)(C)OC(=O)[C@H](CCC=O)N(C(=O)OC(C)(C)C)C(=O)OC(C)(C)C.CCC[C@@H](C(=O)OC(C)(C)C)N(C(=O)OC(C)(C)C)C(=O)OC(C)(C)C.O=C=O. The zero-order chi connectivity index (χ0) is 45.3. The van der Waals surface area contributed by atoms with Crippen LogP contribution >= 0.6 is 0 Å². The Kier molecular flexibility index (Phi) is 25.2. The van der Waals surface area contributed by atoms with E-state index in [1.807, 2.05) is 6.92 Å². The Balaban J connectivity index is -0.000000453. The molecule has 0 aliphatic heterocycles. The van der Waals surface area contributed by atoms with Gasteiger partial charge < -0.3 is 33.2 Å². The molecular formula is C40H72N2O15. The lowest BCUT2D eigenvalue weighted by molar-refractivity contribution is -0.191. The minimum absolute atomic E-state index is 0. The van der Waals surface area contributed by atoms with Gasteiger partial charge in [0.1, 0.15) is 52.0 Å². The molecule has 2 atom stereocenters. The highest BCUT2D eigenvalue weighted by atomic mass is 16.6. The third-order valence-electron chi connectivity index (χ3n) is 5.46. The molecule has 0 rings (SSSR count). The topological polar surface area (TPSA) is 215 Å². The van der Waals surface area contributed by atoms with E-state index in [-0.39, 0.29) is 32.8 Å². The van der Waals surface area contributed by atoms with Gasteiger partial charge in [0.25, 0.3) is 0 Å². The molecule has 332 valence electrons. The van der Waals surface area contributed by atoms with Crippen LogP contribution in [0.15, 0.2) is 0 Å². The van der Waals surface area contributed by atoms with Crippen LogP contribution in [0.5, 0.6) is 0 Å². The maximum Gasteiger partial charge on any atom is 0.420 e. The molecule has 57 heavy (non-hydrogen) atoms. The number of carbonyl (C=O) groups is 7. The monoisotopic (exact) mass is 820 g/mol. The summed E-state index contributed by atoms with van der Waals surface area (Å²) in [5.41, 5.74) is -5.06. The van der Waals surface area contributed by atoms with Crippen molar-refractivity contribution in [3.63, 3.8) is 0 Å². The summed E-state index contributed by atoms with van der Waals surface area (Å²) in [5.74, 6) is -1.49. The van der Waals surface area contributed by atoms with Crippen molar-refractivity contribution in [3.05, 3.63) is 0 Å². The van der Waals surface area contributed by atoms with E-state index in [9.17, 15) is 33.6 Å². The minimum Gasteiger partial charge on any atom is -0.458 e. The molecule has 0 radical (unpaired) electrons. The van der Waals surface area contributed by atoms with E-state index in [4.69, 9.17) is 38.0 Å². The van der Waals surface area contributed by atoms with Crippen LogP contribution in [0.3, 0.4) is 0 Å². The van der Waals surface area contributed by atoms with Crippen molar-refractivity contribution < 1.29 is 71.6 Å². The summed E-state index contributed by atoms with van der Waals surface area (Å²) in [6.45, 7) is 31.9. The largest absolute Gasteiger partial charge is 0.458 e. The standard InChI is InChI=1S/C19H33NO7.C19H35NO6.CO2.CH4/c1-17(2,3)25-14(22)13(11-10-12-21)20(15(23)26-18(4,5)6)16(24)27-19(7,8)9;1-11-12-13(14(21)24-17(2,3)4)20(15(22)25-18(5,6)7)16(23)26-19(8,9)10;2-1-3;/h12-13H,10-11H2,1-9H3;13H,11-12H2,1-10H3;;1H4/t2*13-;;/m00../s1. The number of rotatable bonds is 9. The van der Waals surface area contributed by atoms with E-state index < -0.39 is 82.0 Å². The smallest absolute Gasteiger partial charge is 0.420 e. The van der Waals surface area contributed by atoms with Crippen molar-refractivity contribution in [3.8, 4) is 0 Å². The minimum atomic E-state index is -1.35. The summed E-state index contributed by atoms with van der Waals surface area (Å²) in [5, 5.41) is 0. The van der Waals surface area contributed by atoms with Gasteiger partial charge in [-0.2, -0.15) is 19.4 Å². The first-order valence-electron chi connectivity index (χ1n) is 18.2. The van der Waals surface area contributed by atoms with Crippen LogP contribution < -0.4 is 0 Å². The number of esters is 2. The van der Waals surface area contributed by atoms with Crippen LogP contribution in [0.25, 0.3) is 0 Å². The highest BCUT2D eigenvalue weighted by Gasteiger charge is 2.43. The summed E-state index contributed by atoms with van der Waals surface area (Å²) < 4.78 is 31.9. The zero-order valence-electron chi connectivity index (χ0n) is 37.1. The third kappa shape index (κ3) is 30.3. The predicted molar refractivity (Wildman–Crippen MR) is 210 cm³/mol. The lowest BCUT2D eigenvalue weighted by Gasteiger charge is -2.33. The average Bonchev–Trinajstić information content (AvgIpc) is 2.89. The Labute approximate surface area is 340 Å². The fourth-order valence-electron chi connectivity index (χ4n) is 3.85. The fourth-order valence-corrected chi connectivity index (χ4v) is 3.85. The second kappa shape index (κ2) is 24.3. The molecule has 0 bridgehead atoms. The number of aldehydes is 1. The summed E-state index contributed by atoms with van der Waals surface area (Å²) >= 11 is 0. The van der Waals surface area contributed by atoms with Crippen LogP contribution in [0.1, 0.15) is 165 Å². The molecule has 0 aromatic heterocycles. The lowest BCUT2D eigenvalue weighted by atomic mass is 10.1. The second-order valence-corrected chi connectivity index (χ2v) is 18.4. The molecule has 0 N–H and O–H groups in total. The number of imide groups is 2. The third-order valence-corrected chi connectivity index (χ3v) is 5.46. The molecule has 0 saturated carbocycles. The van der Waals surface area contributed by atoms with Gasteiger partial charge >= 0.3 is 42.5 Å². The zero-order valence-corrected chi connectivity index (χ0v) is 37.1. The summed E-state index contributed by atoms with van der Waals surface area (Å²) in [4.78, 5) is 104. The average molecular weight is 821 g/mol. The first-order chi connectivity index (χ1) is 24.8. The Morgan fingerprint density at radius 2 is 0.684 bits per heavy atom. The van der Waals surface area contributed by atoms with Gasteiger partial charge in [0.15, 0.2) is 0 Å². The maximum absolute atomic E-state index is 12.7. The molecule has 0 saturated heterocycles. The van der Waals surface area contributed by atoms with Crippen molar-refractivity contribution in [1.29, 1.82) is 0 Å². The number of amides is 4. The van der Waals surface area contributed by atoms with Crippen LogP contribution in [-0.4, -0.2) is 104 Å². The molecule has 0 fully saturated rings. The van der Waals surface area contributed by atoms with Gasteiger partial charge in [-0.15, -0.1) is 0 Å². The fraction of sp³-hybridized carbons (Fsp3) is 0.800. The van der Waals surface area contributed by atoms with E-state index in [1.165, 1.54) is 0 Å². The Bertz CT molecular complexity index is 1290. The van der Waals surface area contributed by atoms with E-state index in [1.54, 1.807) is 125 Å². The molecular weight excluding hydrogens is 748 g/mol. The Morgan fingerprint density at radius 1 is 0.474 bits per heavy atom. The molecule has 0 spiro atoms. The first kappa shape index (κ1) is 59.2. The van der Waals surface area contributed by atoms with Crippen LogP contribution in [0.2, 0.25) is 0 Å². The van der Waals surface area contributed by atoms with E-state index >= 15 is 0 Å². The first-order valence-corrected chi connectivity index (χ1v) is 18.2. The van der Waals surface area contributed by atoms with Gasteiger partial charge in [0.05, 0.1) is 0 Å². The highest BCUT2D eigenvalue weighted by molar-refractivity contribution is 5.95. The van der Waals surface area contributed by atoms with Gasteiger partial charge in [0, 0.05) is 6.42 Å². The van der Waals surface area contributed by atoms with Gasteiger partial charge in [-0.3, -0.25) is 0 Å². The lowest BCUT2D eigenvalue weighted by Crippen LogP contribution is -2.53. The number of hydrogen-bond acceptors (Lipinski definition) is 15. The second-order valence-electron chi connectivity index (χ2n) is 18.4. The maximum atomic E-state index is 12.7. The summed E-state index contributed by atoms with van der Waals surface area (Å²) in [6.07, 6.45) is -2.45. The molecule has 0 heterocycles. The van der Waals surface area contributed by atoms with Crippen LogP contribution in [0.4, 0.5) is 19.2 Å².